The molecule has 0 aliphatic rings. The van der Waals surface area contributed by atoms with Crippen LogP contribution in [0.15, 0.2) is 52.4 Å². The van der Waals surface area contributed by atoms with E-state index in [0.29, 0.717) is 5.69 Å². The quantitative estimate of drug-likeness (QED) is 0.523. The molecule has 0 radical (unpaired) electrons. The molecular weight excluding hydrogens is 330 g/mol. The van der Waals surface area contributed by atoms with E-state index < -0.39 is 0 Å². The minimum absolute atomic E-state index is 0.230. The number of tetrazole rings is 1. The fraction of sp³-hybridized carbons (Fsp3) is 0.263. The van der Waals surface area contributed by atoms with E-state index in [1.54, 1.807) is 7.05 Å². The number of rotatable bonds is 5. The van der Waals surface area contributed by atoms with E-state index in [4.69, 9.17) is 4.84 Å². The molecule has 7 nitrogen and oxygen atoms in total. The Morgan fingerprint density at radius 3 is 2.62 bits per heavy atom. The van der Waals surface area contributed by atoms with Gasteiger partial charge in [0.25, 0.3) is 0 Å². The highest BCUT2D eigenvalue weighted by Crippen LogP contribution is 2.18. The molecule has 0 fully saturated rings. The Hall–Kier alpha value is -3.22. The first kappa shape index (κ1) is 17.6. The van der Waals surface area contributed by atoms with E-state index in [-0.39, 0.29) is 12.3 Å². The first-order chi connectivity index (χ1) is 12.5. The molecule has 0 aliphatic carbocycles. The zero-order chi connectivity index (χ0) is 18.7. The van der Waals surface area contributed by atoms with Crippen LogP contribution in [0.3, 0.4) is 0 Å². The third-order valence-electron chi connectivity index (χ3n) is 4.18. The normalized spacial score (nSPS) is 11.6. The Balaban J connectivity index is 1.85. The number of oxime groups is 1. The van der Waals surface area contributed by atoms with Gasteiger partial charge in [0.05, 0.1) is 11.4 Å². The summed E-state index contributed by atoms with van der Waals surface area (Å²) in [5, 5.41) is 11.9. The SMILES string of the molecule is CC(=NOCc1c(C)cccc1-n1nnn(C)c1=O)c1cccc(C)c1. The third-order valence-corrected chi connectivity index (χ3v) is 4.18. The van der Waals surface area contributed by atoms with Crippen molar-refractivity contribution in [1.29, 1.82) is 0 Å². The zero-order valence-corrected chi connectivity index (χ0v) is 15.3. The molecule has 0 bridgehead atoms. The second-order valence-corrected chi connectivity index (χ2v) is 6.19. The summed E-state index contributed by atoms with van der Waals surface area (Å²) < 4.78 is 2.45. The fourth-order valence-corrected chi connectivity index (χ4v) is 2.65. The molecule has 0 atom stereocenters. The van der Waals surface area contributed by atoms with Crippen LogP contribution in [0, 0.1) is 13.8 Å². The van der Waals surface area contributed by atoms with E-state index in [1.807, 2.05) is 57.2 Å². The highest BCUT2D eigenvalue weighted by Gasteiger charge is 2.13. The Kier molecular flexibility index (Phi) is 4.97. The molecule has 3 aromatic rings. The van der Waals surface area contributed by atoms with Crippen molar-refractivity contribution < 1.29 is 4.84 Å². The van der Waals surface area contributed by atoms with E-state index in [9.17, 15) is 4.79 Å². The van der Waals surface area contributed by atoms with Crippen LogP contribution in [0.25, 0.3) is 5.69 Å². The van der Waals surface area contributed by atoms with Gasteiger partial charge < -0.3 is 4.84 Å². The minimum atomic E-state index is -0.309. The third kappa shape index (κ3) is 3.56. The smallest absolute Gasteiger partial charge is 0.368 e. The van der Waals surface area contributed by atoms with Gasteiger partial charge in [0.2, 0.25) is 0 Å². The lowest BCUT2D eigenvalue weighted by molar-refractivity contribution is 0.130. The van der Waals surface area contributed by atoms with Crippen molar-refractivity contribution in [2.45, 2.75) is 27.4 Å². The van der Waals surface area contributed by atoms with Crippen molar-refractivity contribution in [2.24, 2.45) is 12.2 Å². The molecule has 0 amide bonds. The molecule has 7 heteroatoms. The number of hydrogen-bond donors (Lipinski definition) is 0. The summed E-state index contributed by atoms with van der Waals surface area (Å²) in [7, 11) is 1.56. The fourth-order valence-electron chi connectivity index (χ4n) is 2.65. The molecule has 0 saturated carbocycles. The topological polar surface area (TPSA) is 74.3 Å². The van der Waals surface area contributed by atoms with Crippen LogP contribution in [-0.2, 0) is 18.5 Å². The van der Waals surface area contributed by atoms with Crippen molar-refractivity contribution in [2.75, 3.05) is 0 Å². The molecule has 0 aliphatic heterocycles. The van der Waals surface area contributed by atoms with Crippen molar-refractivity contribution in [3.05, 3.63) is 75.2 Å². The van der Waals surface area contributed by atoms with Crippen LogP contribution in [0.2, 0.25) is 0 Å². The molecule has 2 aromatic carbocycles. The van der Waals surface area contributed by atoms with Crippen LogP contribution in [0.4, 0.5) is 0 Å². The Morgan fingerprint density at radius 2 is 1.92 bits per heavy atom. The minimum Gasteiger partial charge on any atom is -0.391 e. The average Bonchev–Trinajstić information content (AvgIpc) is 2.95. The second kappa shape index (κ2) is 7.35. The molecule has 3 rings (SSSR count). The van der Waals surface area contributed by atoms with Gasteiger partial charge in [0, 0.05) is 12.6 Å². The van der Waals surface area contributed by atoms with E-state index in [2.05, 4.69) is 21.6 Å². The number of aromatic nitrogens is 4. The molecule has 26 heavy (non-hydrogen) atoms. The molecule has 0 saturated heterocycles. The summed E-state index contributed by atoms with van der Waals surface area (Å²) >= 11 is 0. The second-order valence-electron chi connectivity index (χ2n) is 6.19. The maximum absolute atomic E-state index is 12.2. The lowest BCUT2D eigenvalue weighted by Crippen LogP contribution is -2.23. The highest BCUT2D eigenvalue weighted by atomic mass is 16.6. The first-order valence-electron chi connectivity index (χ1n) is 8.29. The molecule has 0 spiro atoms. The average molecular weight is 351 g/mol. The van der Waals surface area contributed by atoms with Crippen molar-refractivity contribution in [3.8, 4) is 5.69 Å². The van der Waals surface area contributed by atoms with Gasteiger partial charge in [0.1, 0.15) is 6.61 Å². The number of nitrogens with zero attached hydrogens (tertiary/aromatic N) is 5. The zero-order valence-electron chi connectivity index (χ0n) is 15.3. The maximum Gasteiger partial charge on any atom is 0.368 e. The summed E-state index contributed by atoms with van der Waals surface area (Å²) in [5.74, 6) is 0. The van der Waals surface area contributed by atoms with Gasteiger partial charge in [-0.05, 0) is 48.4 Å². The standard InChI is InChI=1S/C19H21N5O2/c1-13-7-5-9-16(11-13)15(3)20-26-12-17-14(2)8-6-10-18(17)24-19(25)23(4)21-22-24/h5-11H,12H2,1-4H3. The van der Waals surface area contributed by atoms with Gasteiger partial charge in [-0.25, -0.2) is 4.79 Å². The number of benzene rings is 2. The summed E-state index contributed by atoms with van der Waals surface area (Å²) in [6.07, 6.45) is 0. The Labute approximate surface area is 151 Å². The van der Waals surface area contributed by atoms with E-state index in [0.717, 1.165) is 22.4 Å². The summed E-state index contributed by atoms with van der Waals surface area (Å²) in [4.78, 5) is 17.7. The van der Waals surface area contributed by atoms with Crippen LogP contribution in [-0.4, -0.2) is 25.5 Å². The lowest BCUT2D eigenvalue weighted by atomic mass is 10.1. The number of hydrogen-bond acceptors (Lipinski definition) is 5. The van der Waals surface area contributed by atoms with Crippen LogP contribution in [0.5, 0.6) is 0 Å². The summed E-state index contributed by atoms with van der Waals surface area (Å²) in [6.45, 7) is 6.13. The molecule has 1 heterocycles. The Bertz CT molecular complexity index is 1020. The first-order valence-corrected chi connectivity index (χ1v) is 8.29. The van der Waals surface area contributed by atoms with Crippen molar-refractivity contribution >= 4 is 5.71 Å². The van der Waals surface area contributed by atoms with E-state index >= 15 is 0 Å². The largest absolute Gasteiger partial charge is 0.391 e. The predicted molar refractivity (Wildman–Crippen MR) is 99.5 cm³/mol. The van der Waals surface area contributed by atoms with Crippen LogP contribution >= 0.6 is 0 Å². The van der Waals surface area contributed by atoms with Crippen molar-refractivity contribution in [3.63, 3.8) is 0 Å². The molecule has 1 aromatic heterocycles. The van der Waals surface area contributed by atoms with E-state index in [1.165, 1.54) is 14.9 Å². The monoisotopic (exact) mass is 351 g/mol. The maximum atomic E-state index is 12.2. The van der Waals surface area contributed by atoms with Crippen LogP contribution < -0.4 is 5.69 Å². The molecule has 0 unspecified atom stereocenters. The van der Waals surface area contributed by atoms with Crippen molar-refractivity contribution in [1.82, 2.24) is 19.8 Å². The van der Waals surface area contributed by atoms with Gasteiger partial charge in [-0.3, -0.25) is 0 Å². The number of aryl methyl sites for hydroxylation is 3. The van der Waals surface area contributed by atoms with Crippen LogP contribution in [0.1, 0.15) is 29.2 Å². The predicted octanol–water partition coefficient (Wildman–Crippen LogP) is 2.52. The van der Waals surface area contributed by atoms with Gasteiger partial charge in [-0.15, -0.1) is 0 Å². The van der Waals surface area contributed by atoms with Gasteiger partial charge >= 0.3 is 5.69 Å². The summed E-state index contributed by atoms with van der Waals surface area (Å²) in [6, 6.07) is 13.7. The Morgan fingerprint density at radius 1 is 1.15 bits per heavy atom. The van der Waals surface area contributed by atoms with Gasteiger partial charge in [-0.1, -0.05) is 47.1 Å². The molecular formula is C19H21N5O2. The highest BCUT2D eigenvalue weighted by molar-refractivity contribution is 5.98. The summed E-state index contributed by atoms with van der Waals surface area (Å²) in [5.41, 5.74) is 5.14. The molecule has 134 valence electrons. The lowest BCUT2D eigenvalue weighted by Gasteiger charge is -2.10. The van der Waals surface area contributed by atoms with Gasteiger partial charge in [-0.2, -0.15) is 9.36 Å². The molecule has 0 N–H and O–H groups in total. The van der Waals surface area contributed by atoms with Gasteiger partial charge in [0.15, 0.2) is 0 Å².